The third kappa shape index (κ3) is 4.12. The van der Waals surface area contributed by atoms with Crippen molar-refractivity contribution in [1.29, 1.82) is 0 Å². The van der Waals surface area contributed by atoms with Crippen molar-refractivity contribution in [3.05, 3.63) is 57.0 Å². The standard InChI is InChI=1S/C20H22FNO3S/c1-12(14-7-9-15(21)10-8-14)22-19(23)13(2)25-20(24)17-11-26-18-6-4-3-5-16(17)18/h7-13H,3-6H2,1-2H3,(H,22,23)/t12-,13-/m0/s1. The van der Waals surface area contributed by atoms with Crippen LogP contribution in [0.4, 0.5) is 4.39 Å². The molecule has 26 heavy (non-hydrogen) atoms. The van der Waals surface area contributed by atoms with Gasteiger partial charge in [0.2, 0.25) is 0 Å². The minimum Gasteiger partial charge on any atom is -0.449 e. The number of esters is 1. The van der Waals surface area contributed by atoms with Crippen molar-refractivity contribution in [2.45, 2.75) is 51.7 Å². The molecule has 6 heteroatoms. The Balaban J connectivity index is 1.59. The fourth-order valence-electron chi connectivity index (χ4n) is 3.11. The summed E-state index contributed by atoms with van der Waals surface area (Å²) in [5.74, 6) is -1.14. The first-order chi connectivity index (χ1) is 12.5. The molecule has 3 rings (SSSR count). The minimum atomic E-state index is -0.899. The fourth-order valence-corrected chi connectivity index (χ4v) is 4.22. The summed E-state index contributed by atoms with van der Waals surface area (Å²) in [5.41, 5.74) is 2.46. The van der Waals surface area contributed by atoms with Gasteiger partial charge in [0.05, 0.1) is 11.6 Å². The molecule has 0 fully saturated rings. The van der Waals surface area contributed by atoms with Gasteiger partial charge < -0.3 is 10.1 Å². The Bertz CT molecular complexity index is 800. The highest BCUT2D eigenvalue weighted by molar-refractivity contribution is 7.10. The average molecular weight is 375 g/mol. The van der Waals surface area contributed by atoms with Crippen LogP contribution in [0.15, 0.2) is 29.6 Å². The number of benzene rings is 1. The topological polar surface area (TPSA) is 55.4 Å². The summed E-state index contributed by atoms with van der Waals surface area (Å²) in [6.45, 7) is 3.36. The van der Waals surface area contributed by atoms with Crippen LogP contribution in [0.2, 0.25) is 0 Å². The van der Waals surface area contributed by atoms with E-state index in [1.165, 1.54) is 17.0 Å². The first-order valence-corrected chi connectivity index (χ1v) is 9.69. The molecule has 1 aromatic carbocycles. The van der Waals surface area contributed by atoms with Crippen LogP contribution in [0.25, 0.3) is 0 Å². The average Bonchev–Trinajstić information content (AvgIpc) is 3.06. The lowest BCUT2D eigenvalue weighted by Gasteiger charge is -2.19. The van der Waals surface area contributed by atoms with Gasteiger partial charge in [-0.1, -0.05) is 12.1 Å². The number of rotatable bonds is 5. The molecule has 0 spiro atoms. The second-order valence-electron chi connectivity index (χ2n) is 6.59. The predicted octanol–water partition coefficient (Wildman–Crippen LogP) is 4.19. The van der Waals surface area contributed by atoms with E-state index in [2.05, 4.69) is 5.32 Å². The van der Waals surface area contributed by atoms with Crippen LogP contribution in [-0.2, 0) is 22.4 Å². The molecular weight excluding hydrogens is 353 g/mol. The molecule has 0 bridgehead atoms. The van der Waals surface area contributed by atoms with Crippen molar-refractivity contribution >= 4 is 23.2 Å². The van der Waals surface area contributed by atoms with Crippen molar-refractivity contribution in [2.75, 3.05) is 0 Å². The SMILES string of the molecule is C[C@H](OC(=O)c1csc2c1CCCC2)C(=O)N[C@@H](C)c1ccc(F)cc1. The van der Waals surface area contributed by atoms with E-state index in [4.69, 9.17) is 4.74 Å². The lowest BCUT2D eigenvalue weighted by molar-refractivity contribution is -0.129. The van der Waals surface area contributed by atoms with Crippen molar-refractivity contribution in [3.8, 4) is 0 Å². The van der Waals surface area contributed by atoms with Gasteiger partial charge in [-0.05, 0) is 62.8 Å². The molecule has 2 aromatic rings. The van der Waals surface area contributed by atoms with Crippen LogP contribution in [0, 0.1) is 5.82 Å². The van der Waals surface area contributed by atoms with Crippen LogP contribution >= 0.6 is 11.3 Å². The number of ether oxygens (including phenoxy) is 1. The monoisotopic (exact) mass is 375 g/mol. The van der Waals surface area contributed by atoms with Gasteiger partial charge in [0.15, 0.2) is 6.10 Å². The molecule has 1 aromatic heterocycles. The van der Waals surface area contributed by atoms with Crippen LogP contribution in [-0.4, -0.2) is 18.0 Å². The van der Waals surface area contributed by atoms with Gasteiger partial charge in [0, 0.05) is 10.3 Å². The van der Waals surface area contributed by atoms with E-state index in [1.54, 1.807) is 37.3 Å². The number of fused-ring (bicyclic) bond motifs is 1. The lowest BCUT2D eigenvalue weighted by atomic mass is 9.96. The number of carbonyl (C=O) groups excluding carboxylic acids is 2. The summed E-state index contributed by atoms with van der Waals surface area (Å²) >= 11 is 1.59. The third-order valence-electron chi connectivity index (χ3n) is 4.66. The normalized spacial score (nSPS) is 15.7. The van der Waals surface area contributed by atoms with E-state index in [0.29, 0.717) is 5.56 Å². The summed E-state index contributed by atoms with van der Waals surface area (Å²) in [5, 5.41) is 4.63. The molecule has 0 radical (unpaired) electrons. The van der Waals surface area contributed by atoms with Gasteiger partial charge in [-0.25, -0.2) is 9.18 Å². The minimum absolute atomic E-state index is 0.307. The maximum atomic E-state index is 13.0. The highest BCUT2D eigenvalue weighted by atomic mass is 32.1. The number of aryl methyl sites for hydroxylation is 1. The first-order valence-electron chi connectivity index (χ1n) is 8.81. The smallest absolute Gasteiger partial charge is 0.340 e. The Morgan fingerprint density at radius 3 is 2.58 bits per heavy atom. The molecular formula is C20H22FNO3S. The van der Waals surface area contributed by atoms with Gasteiger partial charge in [0.1, 0.15) is 5.82 Å². The Hall–Kier alpha value is -2.21. The highest BCUT2D eigenvalue weighted by Crippen LogP contribution is 2.30. The zero-order valence-electron chi connectivity index (χ0n) is 14.9. The Labute approximate surface area is 156 Å². The van der Waals surface area contributed by atoms with Gasteiger partial charge >= 0.3 is 5.97 Å². The molecule has 1 amide bonds. The van der Waals surface area contributed by atoms with Gasteiger partial charge in [-0.15, -0.1) is 11.3 Å². The molecule has 1 aliphatic rings. The quantitative estimate of drug-likeness (QED) is 0.798. The highest BCUT2D eigenvalue weighted by Gasteiger charge is 2.25. The van der Waals surface area contributed by atoms with Crippen molar-refractivity contribution < 1.29 is 18.7 Å². The second-order valence-corrected chi connectivity index (χ2v) is 7.55. The Morgan fingerprint density at radius 1 is 1.15 bits per heavy atom. The number of amides is 1. The van der Waals surface area contributed by atoms with E-state index in [-0.39, 0.29) is 17.8 Å². The lowest BCUT2D eigenvalue weighted by Crippen LogP contribution is -2.37. The van der Waals surface area contributed by atoms with Gasteiger partial charge in [-0.2, -0.15) is 0 Å². The number of hydrogen-bond donors (Lipinski definition) is 1. The summed E-state index contributed by atoms with van der Waals surface area (Å²) in [6.07, 6.45) is 3.24. The number of thiophene rings is 1. The van der Waals surface area contributed by atoms with Crippen LogP contribution < -0.4 is 5.32 Å². The second kappa shape index (κ2) is 7.99. The number of carbonyl (C=O) groups is 2. The zero-order valence-corrected chi connectivity index (χ0v) is 15.7. The van der Waals surface area contributed by atoms with Gasteiger partial charge in [-0.3, -0.25) is 4.79 Å². The van der Waals surface area contributed by atoms with E-state index >= 15 is 0 Å². The molecule has 1 heterocycles. The summed E-state index contributed by atoms with van der Waals surface area (Å²) in [6, 6.07) is 5.63. The zero-order chi connectivity index (χ0) is 18.7. The molecule has 0 saturated carbocycles. The van der Waals surface area contributed by atoms with Crippen molar-refractivity contribution in [3.63, 3.8) is 0 Å². The molecule has 1 aliphatic carbocycles. The molecule has 0 unspecified atom stereocenters. The Kier molecular flexibility index (Phi) is 5.71. The maximum absolute atomic E-state index is 13.0. The fraction of sp³-hybridized carbons (Fsp3) is 0.400. The van der Waals surface area contributed by atoms with Crippen LogP contribution in [0.1, 0.15) is 59.1 Å². The Morgan fingerprint density at radius 2 is 1.85 bits per heavy atom. The number of hydrogen-bond acceptors (Lipinski definition) is 4. The maximum Gasteiger partial charge on any atom is 0.340 e. The molecule has 4 nitrogen and oxygen atoms in total. The predicted molar refractivity (Wildman–Crippen MR) is 98.8 cm³/mol. The molecule has 0 saturated heterocycles. The number of nitrogens with one attached hydrogen (secondary N) is 1. The molecule has 0 aliphatic heterocycles. The van der Waals surface area contributed by atoms with E-state index in [1.807, 2.05) is 5.38 Å². The first kappa shape index (κ1) is 18.6. The van der Waals surface area contributed by atoms with Crippen molar-refractivity contribution in [2.24, 2.45) is 0 Å². The summed E-state index contributed by atoms with van der Waals surface area (Å²) < 4.78 is 18.4. The summed E-state index contributed by atoms with van der Waals surface area (Å²) in [7, 11) is 0. The largest absolute Gasteiger partial charge is 0.449 e. The van der Waals surface area contributed by atoms with Crippen LogP contribution in [0.5, 0.6) is 0 Å². The van der Waals surface area contributed by atoms with Crippen LogP contribution in [0.3, 0.4) is 0 Å². The summed E-state index contributed by atoms with van der Waals surface area (Å²) in [4.78, 5) is 26.0. The van der Waals surface area contributed by atoms with E-state index in [9.17, 15) is 14.0 Å². The van der Waals surface area contributed by atoms with Gasteiger partial charge in [0.25, 0.3) is 5.91 Å². The third-order valence-corrected chi connectivity index (χ3v) is 5.75. The number of halogens is 1. The van der Waals surface area contributed by atoms with E-state index < -0.39 is 12.1 Å². The van der Waals surface area contributed by atoms with E-state index in [0.717, 1.165) is 36.8 Å². The molecule has 2 atom stereocenters. The van der Waals surface area contributed by atoms with Crippen molar-refractivity contribution in [1.82, 2.24) is 5.32 Å². The molecule has 138 valence electrons. The molecule has 1 N–H and O–H groups in total.